The van der Waals surface area contributed by atoms with Gasteiger partial charge in [-0.1, -0.05) is 31.9 Å². The molecule has 106 valence electrons. The number of nitrogens with one attached hydrogen (secondary N) is 1. The third-order valence-corrected chi connectivity index (χ3v) is 3.88. The molecule has 1 aromatic carbocycles. The monoisotopic (exact) mass is 261 g/mol. The fourth-order valence-electron chi connectivity index (χ4n) is 2.32. The highest BCUT2D eigenvalue weighted by Crippen LogP contribution is 2.32. The van der Waals surface area contributed by atoms with E-state index < -0.39 is 0 Å². The maximum atomic E-state index is 5.88. The standard InChI is InChI=1S/C17H27NO/c1-4-10-18-14(3)16-7-8-17(13(2)12-16)19-11-9-15-5-6-15/h7-8,12,14-15,18H,4-6,9-11H2,1-3H3. The van der Waals surface area contributed by atoms with Crippen LogP contribution in [0, 0.1) is 12.8 Å². The van der Waals surface area contributed by atoms with Crippen molar-refractivity contribution >= 4 is 0 Å². The maximum absolute atomic E-state index is 5.88. The average Bonchev–Trinajstić information content (AvgIpc) is 3.22. The van der Waals surface area contributed by atoms with Crippen LogP contribution in [0.4, 0.5) is 0 Å². The van der Waals surface area contributed by atoms with E-state index >= 15 is 0 Å². The molecule has 0 bridgehead atoms. The highest BCUT2D eigenvalue weighted by molar-refractivity contribution is 5.37. The van der Waals surface area contributed by atoms with Crippen molar-refractivity contribution in [2.75, 3.05) is 13.2 Å². The topological polar surface area (TPSA) is 21.3 Å². The van der Waals surface area contributed by atoms with E-state index in [1.165, 1.54) is 36.8 Å². The molecule has 0 saturated heterocycles. The lowest BCUT2D eigenvalue weighted by Gasteiger charge is -2.16. The lowest BCUT2D eigenvalue weighted by molar-refractivity contribution is 0.300. The van der Waals surface area contributed by atoms with E-state index in [0.29, 0.717) is 6.04 Å². The van der Waals surface area contributed by atoms with Gasteiger partial charge >= 0.3 is 0 Å². The van der Waals surface area contributed by atoms with E-state index in [4.69, 9.17) is 4.74 Å². The second-order valence-electron chi connectivity index (χ2n) is 5.78. The summed E-state index contributed by atoms with van der Waals surface area (Å²) in [5.41, 5.74) is 2.60. The number of rotatable bonds is 8. The van der Waals surface area contributed by atoms with E-state index in [2.05, 4.69) is 44.3 Å². The predicted molar refractivity (Wildman–Crippen MR) is 80.7 cm³/mol. The zero-order chi connectivity index (χ0) is 13.7. The van der Waals surface area contributed by atoms with Gasteiger partial charge in [-0.3, -0.25) is 0 Å². The van der Waals surface area contributed by atoms with Crippen LogP contribution in [0.15, 0.2) is 18.2 Å². The van der Waals surface area contributed by atoms with Crippen molar-refractivity contribution in [3.05, 3.63) is 29.3 Å². The minimum atomic E-state index is 0.416. The Morgan fingerprint density at radius 1 is 1.37 bits per heavy atom. The molecule has 1 aromatic rings. The summed E-state index contributed by atoms with van der Waals surface area (Å²) in [4.78, 5) is 0. The quantitative estimate of drug-likeness (QED) is 0.756. The van der Waals surface area contributed by atoms with E-state index in [-0.39, 0.29) is 0 Å². The van der Waals surface area contributed by atoms with Gasteiger partial charge in [0.1, 0.15) is 5.75 Å². The van der Waals surface area contributed by atoms with E-state index in [1.54, 1.807) is 0 Å². The SMILES string of the molecule is CCCNC(C)c1ccc(OCCC2CC2)c(C)c1. The van der Waals surface area contributed by atoms with Gasteiger partial charge in [0.2, 0.25) is 0 Å². The second-order valence-corrected chi connectivity index (χ2v) is 5.78. The summed E-state index contributed by atoms with van der Waals surface area (Å²) in [6.45, 7) is 8.50. The fourth-order valence-corrected chi connectivity index (χ4v) is 2.32. The first kappa shape index (κ1) is 14.4. The molecule has 1 unspecified atom stereocenters. The number of benzene rings is 1. The Kier molecular flexibility index (Phi) is 5.26. The molecule has 0 aromatic heterocycles. The Morgan fingerprint density at radius 3 is 2.79 bits per heavy atom. The number of hydrogen-bond donors (Lipinski definition) is 1. The third kappa shape index (κ3) is 4.54. The first-order valence-electron chi connectivity index (χ1n) is 7.67. The molecule has 1 aliphatic rings. The van der Waals surface area contributed by atoms with Crippen LogP contribution in [0.3, 0.4) is 0 Å². The summed E-state index contributed by atoms with van der Waals surface area (Å²) in [6.07, 6.45) is 5.20. The lowest BCUT2D eigenvalue weighted by Crippen LogP contribution is -2.19. The number of ether oxygens (including phenoxy) is 1. The maximum Gasteiger partial charge on any atom is 0.122 e. The highest BCUT2D eigenvalue weighted by Gasteiger charge is 2.20. The molecule has 0 radical (unpaired) electrons. The molecule has 0 amide bonds. The van der Waals surface area contributed by atoms with Crippen molar-refractivity contribution in [1.29, 1.82) is 0 Å². The molecular formula is C17H27NO. The normalized spacial score (nSPS) is 16.4. The van der Waals surface area contributed by atoms with Crippen LogP contribution in [0.1, 0.15) is 56.7 Å². The van der Waals surface area contributed by atoms with Gasteiger partial charge in [0, 0.05) is 6.04 Å². The summed E-state index contributed by atoms with van der Waals surface area (Å²) in [6, 6.07) is 6.98. The smallest absolute Gasteiger partial charge is 0.122 e. The molecule has 0 spiro atoms. The Balaban J connectivity index is 1.87. The molecule has 2 nitrogen and oxygen atoms in total. The molecule has 1 fully saturated rings. The molecular weight excluding hydrogens is 234 g/mol. The molecule has 2 heteroatoms. The average molecular weight is 261 g/mol. The van der Waals surface area contributed by atoms with Gasteiger partial charge in [-0.05, 0) is 56.3 Å². The summed E-state index contributed by atoms with van der Waals surface area (Å²) >= 11 is 0. The Morgan fingerprint density at radius 2 is 2.16 bits per heavy atom. The highest BCUT2D eigenvalue weighted by atomic mass is 16.5. The molecule has 19 heavy (non-hydrogen) atoms. The second kappa shape index (κ2) is 6.95. The van der Waals surface area contributed by atoms with Gasteiger partial charge in [0.15, 0.2) is 0 Å². The molecule has 1 aliphatic carbocycles. The van der Waals surface area contributed by atoms with E-state index in [0.717, 1.165) is 24.8 Å². The Bertz CT molecular complexity index is 398. The number of aryl methyl sites for hydroxylation is 1. The van der Waals surface area contributed by atoms with Crippen LogP contribution < -0.4 is 10.1 Å². The summed E-state index contributed by atoms with van der Waals surface area (Å²) in [5, 5.41) is 3.52. The summed E-state index contributed by atoms with van der Waals surface area (Å²) < 4.78 is 5.88. The predicted octanol–water partition coefficient (Wildman–Crippen LogP) is 4.23. The Hall–Kier alpha value is -1.02. The van der Waals surface area contributed by atoms with Gasteiger partial charge in [-0.15, -0.1) is 0 Å². The van der Waals surface area contributed by atoms with Gasteiger partial charge < -0.3 is 10.1 Å². The van der Waals surface area contributed by atoms with Crippen molar-refractivity contribution in [3.63, 3.8) is 0 Å². The van der Waals surface area contributed by atoms with E-state index in [1.807, 2.05) is 0 Å². The van der Waals surface area contributed by atoms with Crippen LogP contribution in [0.25, 0.3) is 0 Å². The van der Waals surface area contributed by atoms with Gasteiger partial charge in [0.25, 0.3) is 0 Å². The molecule has 0 heterocycles. The minimum Gasteiger partial charge on any atom is -0.493 e. The van der Waals surface area contributed by atoms with Gasteiger partial charge in [-0.2, -0.15) is 0 Å². The van der Waals surface area contributed by atoms with Crippen LogP contribution in [0.2, 0.25) is 0 Å². The van der Waals surface area contributed by atoms with Gasteiger partial charge in [-0.25, -0.2) is 0 Å². The summed E-state index contributed by atoms with van der Waals surface area (Å²) in [7, 11) is 0. The van der Waals surface area contributed by atoms with Crippen molar-refractivity contribution in [2.45, 2.75) is 52.5 Å². The van der Waals surface area contributed by atoms with Crippen LogP contribution in [0.5, 0.6) is 5.75 Å². The minimum absolute atomic E-state index is 0.416. The zero-order valence-electron chi connectivity index (χ0n) is 12.5. The number of hydrogen-bond acceptors (Lipinski definition) is 2. The van der Waals surface area contributed by atoms with Crippen molar-refractivity contribution in [3.8, 4) is 5.75 Å². The summed E-state index contributed by atoms with van der Waals surface area (Å²) in [5.74, 6) is 1.99. The Labute approximate surface area is 117 Å². The van der Waals surface area contributed by atoms with Crippen LogP contribution in [-0.4, -0.2) is 13.2 Å². The molecule has 1 atom stereocenters. The first-order chi connectivity index (χ1) is 9.20. The lowest BCUT2D eigenvalue weighted by atomic mass is 10.0. The van der Waals surface area contributed by atoms with Crippen molar-refractivity contribution in [1.82, 2.24) is 5.32 Å². The third-order valence-electron chi connectivity index (χ3n) is 3.88. The fraction of sp³-hybridized carbons (Fsp3) is 0.647. The molecule has 1 saturated carbocycles. The van der Waals surface area contributed by atoms with Crippen LogP contribution >= 0.6 is 0 Å². The van der Waals surface area contributed by atoms with E-state index in [9.17, 15) is 0 Å². The van der Waals surface area contributed by atoms with Crippen LogP contribution in [-0.2, 0) is 0 Å². The molecule has 2 rings (SSSR count). The largest absolute Gasteiger partial charge is 0.493 e. The zero-order valence-corrected chi connectivity index (χ0v) is 12.5. The van der Waals surface area contributed by atoms with Crippen molar-refractivity contribution in [2.24, 2.45) is 5.92 Å². The molecule has 1 N–H and O–H groups in total. The molecule has 0 aliphatic heterocycles. The van der Waals surface area contributed by atoms with Gasteiger partial charge in [0.05, 0.1) is 6.61 Å². The first-order valence-corrected chi connectivity index (χ1v) is 7.67. The van der Waals surface area contributed by atoms with Crippen molar-refractivity contribution < 1.29 is 4.74 Å².